The zero-order valence-corrected chi connectivity index (χ0v) is 25.5. The van der Waals surface area contributed by atoms with Gasteiger partial charge in [0.15, 0.2) is 11.5 Å². The van der Waals surface area contributed by atoms with Gasteiger partial charge in [-0.2, -0.15) is 18.3 Å². The van der Waals surface area contributed by atoms with Crippen LogP contribution in [-0.2, 0) is 22.3 Å². The SMILES string of the molecule is CCOC(=O)[C@]1(C)CC[C@@H](n2ncc(C(=O)N(CC(=O)c3c(Cl)cc(F)cc3Cl)Cc3cc(F)cc(F)c3)c2C(F)(F)F)CC1. The van der Waals surface area contributed by atoms with E-state index in [1.54, 1.807) is 13.8 Å². The van der Waals surface area contributed by atoms with Gasteiger partial charge in [-0.25, -0.2) is 13.2 Å². The molecule has 1 heterocycles. The number of alkyl halides is 3. The van der Waals surface area contributed by atoms with Crippen LogP contribution < -0.4 is 0 Å². The van der Waals surface area contributed by atoms with Gasteiger partial charge >= 0.3 is 12.1 Å². The van der Waals surface area contributed by atoms with Crippen LogP contribution in [0.5, 0.6) is 0 Å². The van der Waals surface area contributed by atoms with Gasteiger partial charge in [-0.15, -0.1) is 0 Å². The molecule has 15 heteroatoms. The monoisotopic (exact) mass is 677 g/mol. The summed E-state index contributed by atoms with van der Waals surface area (Å²) in [6.07, 6.45) is -3.71. The summed E-state index contributed by atoms with van der Waals surface area (Å²) in [7, 11) is 0. The van der Waals surface area contributed by atoms with Crippen molar-refractivity contribution in [2.24, 2.45) is 5.41 Å². The van der Waals surface area contributed by atoms with Crippen LogP contribution in [0, 0.1) is 22.9 Å². The molecule has 7 nitrogen and oxygen atoms in total. The van der Waals surface area contributed by atoms with Gasteiger partial charge < -0.3 is 9.64 Å². The van der Waals surface area contributed by atoms with E-state index in [4.69, 9.17) is 27.9 Å². The van der Waals surface area contributed by atoms with E-state index in [-0.39, 0.29) is 37.9 Å². The van der Waals surface area contributed by atoms with Crippen molar-refractivity contribution in [1.82, 2.24) is 14.7 Å². The third kappa shape index (κ3) is 7.63. The lowest BCUT2D eigenvalue weighted by Crippen LogP contribution is -2.37. The second-order valence-electron chi connectivity index (χ2n) is 11.0. The van der Waals surface area contributed by atoms with Gasteiger partial charge in [-0.05, 0) is 69.4 Å². The lowest BCUT2D eigenvalue weighted by Gasteiger charge is -2.35. The molecule has 0 radical (unpaired) electrons. The van der Waals surface area contributed by atoms with E-state index in [1.807, 2.05) is 0 Å². The molecule has 0 bridgehead atoms. The number of halogens is 8. The number of amides is 1. The molecule has 3 aromatic rings. The molecule has 1 aliphatic carbocycles. The zero-order chi connectivity index (χ0) is 33.3. The number of carbonyl (C=O) groups excluding carboxylic acids is 3. The highest BCUT2D eigenvalue weighted by Crippen LogP contribution is 2.44. The Morgan fingerprint density at radius 1 is 1.00 bits per heavy atom. The van der Waals surface area contributed by atoms with Crippen molar-refractivity contribution in [2.45, 2.75) is 58.3 Å². The van der Waals surface area contributed by atoms with Crippen LogP contribution >= 0.6 is 23.2 Å². The fraction of sp³-hybridized carbons (Fsp3) is 0.400. The summed E-state index contributed by atoms with van der Waals surface area (Å²) in [5, 5.41) is 3.07. The van der Waals surface area contributed by atoms with Crippen molar-refractivity contribution in [1.29, 1.82) is 0 Å². The van der Waals surface area contributed by atoms with Crippen LogP contribution in [-0.4, -0.2) is 45.5 Å². The van der Waals surface area contributed by atoms with Crippen molar-refractivity contribution < 1.29 is 45.5 Å². The average Bonchev–Trinajstić information content (AvgIpc) is 3.38. The van der Waals surface area contributed by atoms with Crippen molar-refractivity contribution in [3.05, 3.63) is 86.4 Å². The van der Waals surface area contributed by atoms with Crippen LogP contribution in [0.3, 0.4) is 0 Å². The Morgan fingerprint density at radius 2 is 1.56 bits per heavy atom. The predicted octanol–water partition coefficient (Wildman–Crippen LogP) is 7.84. The molecule has 45 heavy (non-hydrogen) atoms. The number of Topliss-reactive ketones (excluding diaryl/α,β-unsaturated/α-hetero) is 1. The maximum absolute atomic E-state index is 14.6. The number of nitrogens with zero attached hydrogens (tertiary/aromatic N) is 3. The summed E-state index contributed by atoms with van der Waals surface area (Å²) >= 11 is 12.0. The van der Waals surface area contributed by atoms with Gasteiger partial charge in [0.1, 0.15) is 17.5 Å². The molecule has 0 N–H and O–H groups in total. The molecule has 0 unspecified atom stereocenters. The average molecular weight is 678 g/mol. The first-order valence-corrected chi connectivity index (χ1v) is 14.5. The largest absolute Gasteiger partial charge is 0.466 e. The van der Waals surface area contributed by atoms with E-state index in [9.17, 15) is 40.7 Å². The summed E-state index contributed by atoms with van der Waals surface area (Å²) in [5.74, 6) is -5.66. The summed E-state index contributed by atoms with van der Waals surface area (Å²) in [6.45, 7) is 1.84. The number of hydrogen-bond acceptors (Lipinski definition) is 5. The Bertz CT molecular complexity index is 1580. The minimum atomic E-state index is -5.09. The Kier molecular flexibility index (Phi) is 10.2. The highest BCUT2D eigenvalue weighted by Gasteiger charge is 2.45. The third-order valence-corrected chi connectivity index (χ3v) is 8.27. The van der Waals surface area contributed by atoms with Crippen molar-refractivity contribution in [3.63, 3.8) is 0 Å². The first-order chi connectivity index (χ1) is 21.0. The van der Waals surface area contributed by atoms with E-state index in [1.165, 1.54) is 0 Å². The topological polar surface area (TPSA) is 81.5 Å². The number of ether oxygens (including phenoxy) is 1. The smallest absolute Gasteiger partial charge is 0.433 e. The molecule has 1 aliphatic rings. The lowest BCUT2D eigenvalue weighted by atomic mass is 9.74. The lowest BCUT2D eigenvalue weighted by molar-refractivity contribution is -0.157. The van der Waals surface area contributed by atoms with E-state index in [2.05, 4.69) is 5.10 Å². The Balaban J connectivity index is 1.71. The summed E-state index contributed by atoms with van der Waals surface area (Å²) in [4.78, 5) is 40.1. The first-order valence-electron chi connectivity index (χ1n) is 13.8. The standard InChI is InChI=1S/C30H27Cl2F6N3O4/c1-3-45-28(44)29(2)6-4-20(5-7-29)41-26(30(36,37)38)21(13-39-41)27(43)40(14-16-8-17(33)10-18(34)9-16)15-24(42)25-22(31)11-19(35)12-23(25)32/h8-13,20H,3-7,14-15H2,1-2H3/t20-,29-. The quantitative estimate of drug-likeness (QED) is 0.131. The number of aromatic nitrogens is 2. The molecule has 1 aromatic heterocycles. The van der Waals surface area contributed by atoms with E-state index < -0.39 is 92.7 Å². The van der Waals surface area contributed by atoms with Crippen molar-refractivity contribution >= 4 is 40.9 Å². The number of esters is 1. The van der Waals surface area contributed by atoms with Gasteiger partial charge in [0.2, 0.25) is 0 Å². The van der Waals surface area contributed by atoms with E-state index >= 15 is 0 Å². The molecule has 1 fully saturated rings. The van der Waals surface area contributed by atoms with E-state index in [0.717, 1.165) is 24.3 Å². The second kappa shape index (κ2) is 13.4. The normalized spacial score (nSPS) is 18.5. The zero-order valence-electron chi connectivity index (χ0n) is 24.0. The number of hydrogen-bond donors (Lipinski definition) is 0. The van der Waals surface area contributed by atoms with Gasteiger partial charge in [-0.3, -0.25) is 19.1 Å². The maximum atomic E-state index is 14.6. The highest BCUT2D eigenvalue weighted by molar-refractivity contribution is 6.40. The minimum absolute atomic E-state index is 0.125. The van der Waals surface area contributed by atoms with Crippen LogP contribution in [0.2, 0.25) is 10.0 Å². The van der Waals surface area contributed by atoms with Gasteiger partial charge in [-0.1, -0.05) is 23.2 Å². The molecule has 1 amide bonds. The van der Waals surface area contributed by atoms with E-state index in [0.29, 0.717) is 21.8 Å². The van der Waals surface area contributed by atoms with Crippen molar-refractivity contribution in [2.75, 3.05) is 13.2 Å². The molecule has 242 valence electrons. The molecule has 0 atom stereocenters. The molecular weight excluding hydrogens is 651 g/mol. The van der Waals surface area contributed by atoms with Crippen molar-refractivity contribution in [3.8, 4) is 0 Å². The number of benzene rings is 2. The minimum Gasteiger partial charge on any atom is -0.466 e. The number of carbonyl (C=O) groups is 3. The molecule has 0 saturated heterocycles. The fourth-order valence-corrected chi connectivity index (χ4v) is 6.10. The summed E-state index contributed by atoms with van der Waals surface area (Å²) in [6, 6.07) is 3.01. The Hall–Kier alpha value is -3.58. The fourth-order valence-electron chi connectivity index (χ4n) is 5.43. The molecule has 2 aromatic carbocycles. The third-order valence-electron chi connectivity index (χ3n) is 7.67. The first kappa shape index (κ1) is 34.3. The second-order valence-corrected chi connectivity index (χ2v) is 11.8. The molecular formula is C30H27Cl2F6N3O4. The van der Waals surface area contributed by atoms with Crippen LogP contribution in [0.1, 0.15) is 77.5 Å². The van der Waals surface area contributed by atoms with Crippen LogP contribution in [0.4, 0.5) is 26.3 Å². The summed E-state index contributed by atoms with van der Waals surface area (Å²) < 4.78 is 91.2. The molecule has 4 rings (SSSR count). The van der Waals surface area contributed by atoms with Gasteiger partial charge in [0.25, 0.3) is 5.91 Å². The maximum Gasteiger partial charge on any atom is 0.433 e. The Labute approximate surface area is 264 Å². The molecule has 0 aliphatic heterocycles. The van der Waals surface area contributed by atoms with Gasteiger partial charge in [0, 0.05) is 12.6 Å². The molecule has 0 spiro atoms. The van der Waals surface area contributed by atoms with Crippen LogP contribution in [0.15, 0.2) is 36.5 Å². The number of ketones is 1. The Morgan fingerprint density at radius 3 is 2.09 bits per heavy atom. The predicted molar refractivity (Wildman–Crippen MR) is 151 cm³/mol. The summed E-state index contributed by atoms with van der Waals surface area (Å²) in [5.41, 5.74) is -3.77. The van der Waals surface area contributed by atoms with Gasteiger partial charge in [0.05, 0.1) is 52.0 Å². The number of rotatable bonds is 9. The van der Waals surface area contributed by atoms with Crippen LogP contribution in [0.25, 0.3) is 0 Å². The molecule has 1 saturated carbocycles. The highest BCUT2D eigenvalue weighted by atomic mass is 35.5.